The van der Waals surface area contributed by atoms with Gasteiger partial charge in [0.25, 0.3) is 5.91 Å². The summed E-state index contributed by atoms with van der Waals surface area (Å²) in [6.45, 7) is 3.93. The highest BCUT2D eigenvalue weighted by molar-refractivity contribution is 6.32. The van der Waals surface area contributed by atoms with E-state index in [9.17, 15) is 4.79 Å². The third-order valence-corrected chi connectivity index (χ3v) is 3.94. The van der Waals surface area contributed by atoms with E-state index in [1.165, 1.54) is 0 Å². The maximum absolute atomic E-state index is 12.1. The molecule has 2 aromatic heterocycles. The van der Waals surface area contributed by atoms with Crippen molar-refractivity contribution < 1.29 is 4.79 Å². The van der Waals surface area contributed by atoms with Crippen molar-refractivity contribution in [1.82, 2.24) is 9.97 Å². The maximum Gasteiger partial charge on any atom is 0.256 e. The highest BCUT2D eigenvalue weighted by atomic mass is 16.2. The summed E-state index contributed by atoms with van der Waals surface area (Å²) >= 11 is 0. The van der Waals surface area contributed by atoms with Gasteiger partial charge in [-0.15, -0.1) is 0 Å². The van der Waals surface area contributed by atoms with E-state index in [-0.39, 0.29) is 5.91 Å². The van der Waals surface area contributed by atoms with Crippen LogP contribution in [-0.4, -0.2) is 15.9 Å². The molecule has 3 heterocycles. The van der Waals surface area contributed by atoms with Crippen LogP contribution >= 0.6 is 0 Å². The van der Waals surface area contributed by atoms with Crippen molar-refractivity contribution in [2.45, 2.75) is 13.8 Å². The Labute approximate surface area is 127 Å². The Morgan fingerprint density at radius 1 is 1.14 bits per heavy atom. The fourth-order valence-corrected chi connectivity index (χ4v) is 2.95. The quantitative estimate of drug-likeness (QED) is 0.666. The monoisotopic (exact) mass is 289 g/mol. The molecule has 1 aromatic carbocycles. The number of nitrogens with zero attached hydrogens (tertiary/aromatic N) is 1. The summed E-state index contributed by atoms with van der Waals surface area (Å²) in [6, 6.07) is 12.0. The average molecular weight is 289 g/mol. The number of hydrogen-bond acceptors (Lipinski definition) is 2. The van der Waals surface area contributed by atoms with E-state index in [0.29, 0.717) is 0 Å². The largest absolute Gasteiger partial charge is 0.353 e. The number of aromatic amines is 1. The number of carbonyl (C=O) groups excluding carboxylic acids is 1. The van der Waals surface area contributed by atoms with Gasteiger partial charge in [-0.2, -0.15) is 0 Å². The van der Waals surface area contributed by atoms with E-state index < -0.39 is 0 Å². The zero-order chi connectivity index (χ0) is 15.3. The second-order valence-corrected chi connectivity index (χ2v) is 5.71. The summed E-state index contributed by atoms with van der Waals surface area (Å²) in [5.41, 5.74) is 6.52. The predicted molar refractivity (Wildman–Crippen MR) is 88.4 cm³/mol. The normalized spacial score (nSPS) is 13.4. The number of fused-ring (bicyclic) bond motifs is 2. The van der Waals surface area contributed by atoms with Crippen LogP contribution in [0, 0.1) is 0 Å². The number of pyridine rings is 1. The molecule has 4 nitrogen and oxygen atoms in total. The van der Waals surface area contributed by atoms with Crippen molar-refractivity contribution >= 4 is 28.1 Å². The SMILES string of the molecule is CC(C)=C1C(=O)Nc2cc3[nH]c(-c4ccccn4)cc3cc21. The number of allylic oxidation sites excluding steroid dienone is 1. The molecule has 0 aliphatic carbocycles. The van der Waals surface area contributed by atoms with Crippen LogP contribution in [0.15, 0.2) is 48.2 Å². The predicted octanol–water partition coefficient (Wildman–Crippen LogP) is 3.98. The van der Waals surface area contributed by atoms with Gasteiger partial charge in [-0.05, 0) is 44.2 Å². The summed E-state index contributed by atoms with van der Waals surface area (Å²) in [7, 11) is 0. The van der Waals surface area contributed by atoms with Gasteiger partial charge >= 0.3 is 0 Å². The molecule has 0 atom stereocenters. The molecule has 0 bridgehead atoms. The maximum atomic E-state index is 12.1. The number of aromatic nitrogens is 2. The molecular weight excluding hydrogens is 274 g/mol. The van der Waals surface area contributed by atoms with E-state index in [4.69, 9.17) is 0 Å². The zero-order valence-electron chi connectivity index (χ0n) is 12.4. The first-order chi connectivity index (χ1) is 10.6. The lowest BCUT2D eigenvalue weighted by molar-refractivity contribution is -0.110. The first-order valence-electron chi connectivity index (χ1n) is 7.21. The Hall–Kier alpha value is -2.88. The van der Waals surface area contributed by atoms with Crippen LogP contribution in [0.3, 0.4) is 0 Å². The minimum Gasteiger partial charge on any atom is -0.353 e. The average Bonchev–Trinajstić information content (AvgIpc) is 3.04. The first-order valence-corrected chi connectivity index (χ1v) is 7.21. The molecule has 0 radical (unpaired) electrons. The fourth-order valence-electron chi connectivity index (χ4n) is 2.95. The molecule has 22 heavy (non-hydrogen) atoms. The van der Waals surface area contributed by atoms with Gasteiger partial charge in [0.15, 0.2) is 0 Å². The molecule has 0 spiro atoms. The van der Waals surface area contributed by atoms with Crippen molar-refractivity contribution in [3.8, 4) is 11.4 Å². The van der Waals surface area contributed by atoms with E-state index >= 15 is 0 Å². The summed E-state index contributed by atoms with van der Waals surface area (Å²) < 4.78 is 0. The molecule has 0 saturated heterocycles. The van der Waals surface area contributed by atoms with Crippen molar-refractivity contribution in [3.05, 3.63) is 53.7 Å². The fraction of sp³-hybridized carbons (Fsp3) is 0.111. The van der Waals surface area contributed by atoms with Crippen LogP contribution in [-0.2, 0) is 4.79 Å². The topological polar surface area (TPSA) is 57.8 Å². The minimum absolute atomic E-state index is 0.0207. The number of carbonyl (C=O) groups is 1. The number of nitrogens with one attached hydrogen (secondary N) is 2. The number of rotatable bonds is 1. The Balaban J connectivity index is 1.91. The van der Waals surface area contributed by atoms with Gasteiger partial charge in [0, 0.05) is 28.2 Å². The highest BCUT2D eigenvalue weighted by Crippen LogP contribution is 2.37. The number of H-pyrrole nitrogens is 1. The molecule has 4 heteroatoms. The van der Waals surface area contributed by atoms with Crippen LogP contribution in [0.25, 0.3) is 27.9 Å². The first kappa shape index (κ1) is 12.8. The molecule has 1 aliphatic heterocycles. The summed E-state index contributed by atoms with van der Waals surface area (Å²) in [6.07, 6.45) is 1.78. The minimum atomic E-state index is -0.0207. The second kappa shape index (κ2) is 4.56. The Morgan fingerprint density at radius 2 is 2.00 bits per heavy atom. The molecule has 108 valence electrons. The number of anilines is 1. The summed E-state index contributed by atoms with van der Waals surface area (Å²) in [5, 5.41) is 4.02. The summed E-state index contributed by atoms with van der Waals surface area (Å²) in [5.74, 6) is -0.0207. The van der Waals surface area contributed by atoms with Crippen LogP contribution in [0.1, 0.15) is 19.4 Å². The lowest BCUT2D eigenvalue weighted by Crippen LogP contribution is -2.04. The second-order valence-electron chi connectivity index (χ2n) is 5.71. The molecule has 3 aromatic rings. The lowest BCUT2D eigenvalue weighted by Gasteiger charge is -2.00. The molecular formula is C18H15N3O. The Bertz CT molecular complexity index is 932. The highest BCUT2D eigenvalue weighted by Gasteiger charge is 2.25. The van der Waals surface area contributed by atoms with Crippen LogP contribution in [0.5, 0.6) is 0 Å². The molecule has 0 unspecified atom stereocenters. The van der Waals surface area contributed by atoms with Gasteiger partial charge in [0.05, 0.1) is 17.1 Å². The van der Waals surface area contributed by atoms with Crippen LogP contribution < -0.4 is 5.32 Å². The standard InChI is InChI=1S/C18H15N3O/c1-10(2)17-12-7-11-8-16(13-5-3-4-6-19-13)20-14(11)9-15(12)21-18(17)22/h3-9,20H,1-2H3,(H,21,22). The molecule has 1 amide bonds. The number of amides is 1. The Kier molecular flexibility index (Phi) is 2.66. The van der Waals surface area contributed by atoms with E-state index in [1.807, 2.05) is 38.1 Å². The molecule has 2 N–H and O–H groups in total. The number of benzene rings is 1. The van der Waals surface area contributed by atoms with Gasteiger partial charge in [-0.3, -0.25) is 9.78 Å². The van der Waals surface area contributed by atoms with Crippen molar-refractivity contribution in [2.75, 3.05) is 5.32 Å². The smallest absolute Gasteiger partial charge is 0.256 e. The van der Waals surface area contributed by atoms with E-state index in [2.05, 4.69) is 27.4 Å². The molecule has 0 fully saturated rings. The van der Waals surface area contributed by atoms with Gasteiger partial charge in [-0.1, -0.05) is 11.6 Å². The van der Waals surface area contributed by atoms with Crippen molar-refractivity contribution in [2.24, 2.45) is 0 Å². The third-order valence-electron chi connectivity index (χ3n) is 3.94. The third kappa shape index (κ3) is 1.84. The molecule has 4 rings (SSSR count). The van der Waals surface area contributed by atoms with E-state index in [1.54, 1.807) is 6.20 Å². The summed E-state index contributed by atoms with van der Waals surface area (Å²) in [4.78, 5) is 19.8. The van der Waals surface area contributed by atoms with Gasteiger partial charge in [-0.25, -0.2) is 0 Å². The van der Waals surface area contributed by atoms with Gasteiger partial charge < -0.3 is 10.3 Å². The molecule has 1 aliphatic rings. The zero-order valence-corrected chi connectivity index (χ0v) is 12.4. The van der Waals surface area contributed by atoms with Crippen LogP contribution in [0.4, 0.5) is 5.69 Å². The van der Waals surface area contributed by atoms with Gasteiger partial charge in [0.1, 0.15) is 0 Å². The Morgan fingerprint density at radius 3 is 2.73 bits per heavy atom. The number of hydrogen-bond donors (Lipinski definition) is 2. The van der Waals surface area contributed by atoms with Crippen LogP contribution in [0.2, 0.25) is 0 Å². The van der Waals surface area contributed by atoms with E-state index in [0.717, 1.165) is 44.7 Å². The van der Waals surface area contributed by atoms with Gasteiger partial charge in [0.2, 0.25) is 0 Å². The van der Waals surface area contributed by atoms with Crippen molar-refractivity contribution in [1.29, 1.82) is 0 Å². The van der Waals surface area contributed by atoms with Crippen molar-refractivity contribution in [3.63, 3.8) is 0 Å². The molecule has 0 saturated carbocycles. The lowest BCUT2D eigenvalue weighted by atomic mass is 10.0.